The Labute approximate surface area is 230 Å². The first-order valence-electron chi connectivity index (χ1n) is 12.4. The number of halogens is 3. The fourth-order valence-corrected chi connectivity index (χ4v) is 6.77. The molecule has 1 saturated heterocycles. The van der Waals surface area contributed by atoms with Crippen molar-refractivity contribution in [3.8, 4) is 0 Å². The predicted octanol–water partition coefficient (Wildman–Crippen LogP) is 5.90. The molecule has 3 heterocycles. The number of fused-ring (bicyclic) bond motifs is 1. The van der Waals surface area contributed by atoms with Gasteiger partial charge in [-0.2, -0.15) is 0 Å². The van der Waals surface area contributed by atoms with Gasteiger partial charge in [0, 0.05) is 55.1 Å². The number of carbonyl (C=O) groups is 2. The number of hydrogen-bond donors (Lipinski definition) is 0. The Bertz CT molecular complexity index is 1320. The summed E-state index contributed by atoms with van der Waals surface area (Å²) in [6.07, 6.45) is 1.30. The van der Waals surface area contributed by atoms with Gasteiger partial charge in [0.25, 0.3) is 5.91 Å². The van der Waals surface area contributed by atoms with Crippen molar-refractivity contribution in [3.05, 3.63) is 91.3 Å². The zero-order valence-electron chi connectivity index (χ0n) is 20.5. The first-order valence-corrected chi connectivity index (χ1v) is 14.0. The maximum absolute atomic E-state index is 14.1. The predicted molar refractivity (Wildman–Crippen MR) is 146 cm³/mol. The largest absolute Gasteiger partial charge is 0.339 e. The molecule has 3 aromatic rings. The van der Waals surface area contributed by atoms with Gasteiger partial charge in [-0.3, -0.25) is 14.5 Å². The van der Waals surface area contributed by atoms with Crippen LogP contribution in [0.5, 0.6) is 0 Å². The van der Waals surface area contributed by atoms with Crippen LogP contribution in [0, 0.1) is 5.82 Å². The summed E-state index contributed by atoms with van der Waals surface area (Å²) in [6, 6.07) is 13.5. The van der Waals surface area contributed by atoms with E-state index in [0.29, 0.717) is 48.2 Å². The second kappa shape index (κ2) is 11.1. The second-order valence-corrected chi connectivity index (χ2v) is 11.4. The van der Waals surface area contributed by atoms with Gasteiger partial charge < -0.3 is 9.80 Å². The molecule has 0 radical (unpaired) electrons. The van der Waals surface area contributed by atoms with E-state index < -0.39 is 0 Å². The molecule has 1 fully saturated rings. The summed E-state index contributed by atoms with van der Waals surface area (Å²) in [6.45, 7) is 4.74. The van der Waals surface area contributed by atoms with E-state index in [1.54, 1.807) is 46.6 Å². The van der Waals surface area contributed by atoms with Crippen LogP contribution >= 0.6 is 34.5 Å². The highest BCUT2D eigenvalue weighted by atomic mass is 35.5. The van der Waals surface area contributed by atoms with E-state index in [1.807, 2.05) is 17.9 Å². The molecule has 2 aromatic carbocycles. The lowest BCUT2D eigenvalue weighted by molar-refractivity contribution is -0.134. The van der Waals surface area contributed by atoms with E-state index in [9.17, 15) is 14.0 Å². The van der Waals surface area contributed by atoms with Crippen molar-refractivity contribution in [2.45, 2.75) is 31.8 Å². The topological polar surface area (TPSA) is 43.9 Å². The molecular weight excluding hydrogens is 532 g/mol. The maximum atomic E-state index is 14.1. The van der Waals surface area contributed by atoms with Crippen LogP contribution in [0.25, 0.3) is 0 Å². The molecule has 0 bridgehead atoms. The molecule has 2 amide bonds. The van der Waals surface area contributed by atoms with Gasteiger partial charge in [0.15, 0.2) is 0 Å². The Morgan fingerprint density at radius 2 is 1.92 bits per heavy atom. The summed E-state index contributed by atoms with van der Waals surface area (Å²) in [5.74, 6) is -0.339. The fraction of sp³-hybridized carbons (Fsp3) is 0.357. The van der Waals surface area contributed by atoms with Crippen molar-refractivity contribution < 1.29 is 14.0 Å². The summed E-state index contributed by atoms with van der Waals surface area (Å²) in [4.78, 5) is 33.5. The summed E-state index contributed by atoms with van der Waals surface area (Å²) >= 11 is 14.0. The average Bonchev–Trinajstić information content (AvgIpc) is 3.35. The van der Waals surface area contributed by atoms with Gasteiger partial charge in [-0.05, 0) is 66.2 Å². The smallest absolute Gasteiger partial charge is 0.255 e. The van der Waals surface area contributed by atoms with E-state index in [-0.39, 0.29) is 29.7 Å². The Balaban J connectivity index is 1.22. The molecule has 0 saturated carbocycles. The Morgan fingerprint density at radius 3 is 2.68 bits per heavy atom. The minimum absolute atomic E-state index is 0.0592. The monoisotopic (exact) mass is 559 g/mol. The Hall–Kier alpha value is -2.45. The van der Waals surface area contributed by atoms with Crippen molar-refractivity contribution in [2.24, 2.45) is 0 Å². The lowest BCUT2D eigenvalue weighted by Crippen LogP contribution is -2.55. The molecular formula is C28H28Cl2FN3O2S. The van der Waals surface area contributed by atoms with Crippen molar-refractivity contribution in [1.29, 1.82) is 0 Å². The number of nitrogens with zero attached hydrogens (tertiary/aromatic N) is 3. The standard InChI is InChI=1S/C28H28Cl2FN3O2S/c1-18-17-33(12-13-34(18)28(36)22-6-5-20(29)16-24(22)30)26(35)8-11-32-10-7-25-23(9-14-37-25)27(32)19-3-2-4-21(31)15-19/h2-6,9,14-16,18,27H,7-8,10-13,17H2,1H3/t18-,27+/m0/s1. The molecule has 194 valence electrons. The molecule has 2 atom stereocenters. The number of benzene rings is 2. The SMILES string of the molecule is C[C@H]1CN(C(=O)CCN2CCc3sccc3[C@H]2c2cccc(F)c2)CCN1C(=O)c1ccc(Cl)cc1Cl. The average molecular weight is 561 g/mol. The molecule has 0 N–H and O–H groups in total. The number of thiophene rings is 1. The van der Waals surface area contributed by atoms with Crippen LogP contribution in [0.2, 0.25) is 10.0 Å². The van der Waals surface area contributed by atoms with Gasteiger partial charge in [0.1, 0.15) is 5.82 Å². The zero-order valence-corrected chi connectivity index (χ0v) is 22.8. The van der Waals surface area contributed by atoms with Gasteiger partial charge in [0.2, 0.25) is 5.91 Å². The van der Waals surface area contributed by atoms with Crippen LogP contribution < -0.4 is 0 Å². The lowest BCUT2D eigenvalue weighted by atomic mass is 9.93. The fourth-order valence-electron chi connectivity index (χ4n) is 5.38. The van der Waals surface area contributed by atoms with Gasteiger partial charge in [-0.1, -0.05) is 35.3 Å². The molecule has 5 nitrogen and oxygen atoms in total. The Kier molecular flexibility index (Phi) is 7.86. The second-order valence-electron chi connectivity index (χ2n) is 9.60. The lowest BCUT2D eigenvalue weighted by Gasteiger charge is -2.41. The third kappa shape index (κ3) is 5.55. The number of hydrogen-bond acceptors (Lipinski definition) is 4. The highest BCUT2D eigenvalue weighted by molar-refractivity contribution is 7.10. The minimum Gasteiger partial charge on any atom is -0.339 e. The van der Waals surface area contributed by atoms with Gasteiger partial charge in [0.05, 0.1) is 16.6 Å². The van der Waals surface area contributed by atoms with Crippen LogP contribution in [-0.4, -0.2) is 65.3 Å². The number of carbonyl (C=O) groups excluding carboxylic acids is 2. The van der Waals surface area contributed by atoms with E-state index in [2.05, 4.69) is 16.3 Å². The highest BCUT2D eigenvalue weighted by Gasteiger charge is 2.33. The molecule has 1 aromatic heterocycles. The van der Waals surface area contributed by atoms with E-state index in [4.69, 9.17) is 23.2 Å². The molecule has 37 heavy (non-hydrogen) atoms. The molecule has 2 aliphatic heterocycles. The molecule has 5 rings (SSSR count). The third-order valence-corrected chi connectivity index (χ3v) is 8.79. The summed E-state index contributed by atoms with van der Waals surface area (Å²) < 4.78 is 14.1. The van der Waals surface area contributed by atoms with Crippen LogP contribution in [0.15, 0.2) is 53.9 Å². The zero-order chi connectivity index (χ0) is 26.1. The highest BCUT2D eigenvalue weighted by Crippen LogP contribution is 2.38. The summed E-state index contributed by atoms with van der Waals surface area (Å²) in [7, 11) is 0. The third-order valence-electron chi connectivity index (χ3n) is 7.25. The quantitative estimate of drug-likeness (QED) is 0.390. The van der Waals surface area contributed by atoms with Crippen molar-refractivity contribution in [3.63, 3.8) is 0 Å². The van der Waals surface area contributed by atoms with Crippen LogP contribution in [-0.2, 0) is 11.2 Å². The van der Waals surface area contributed by atoms with Crippen molar-refractivity contribution in [2.75, 3.05) is 32.7 Å². The first kappa shape index (κ1) is 26.2. The first-order chi connectivity index (χ1) is 17.8. The summed E-state index contributed by atoms with van der Waals surface area (Å²) in [5.41, 5.74) is 2.53. The normalized spacial score (nSPS) is 20.1. The van der Waals surface area contributed by atoms with Crippen molar-refractivity contribution >= 4 is 46.4 Å². The molecule has 9 heteroatoms. The van der Waals surface area contributed by atoms with Crippen LogP contribution in [0.3, 0.4) is 0 Å². The van der Waals surface area contributed by atoms with Gasteiger partial charge >= 0.3 is 0 Å². The minimum atomic E-state index is -0.253. The van der Waals surface area contributed by atoms with Crippen LogP contribution in [0.4, 0.5) is 4.39 Å². The van der Waals surface area contributed by atoms with E-state index in [1.165, 1.54) is 16.5 Å². The van der Waals surface area contributed by atoms with E-state index >= 15 is 0 Å². The van der Waals surface area contributed by atoms with Gasteiger partial charge in [-0.25, -0.2) is 4.39 Å². The van der Waals surface area contributed by atoms with Gasteiger partial charge in [-0.15, -0.1) is 11.3 Å². The molecule has 0 spiro atoms. The number of rotatable bonds is 5. The maximum Gasteiger partial charge on any atom is 0.255 e. The summed E-state index contributed by atoms with van der Waals surface area (Å²) in [5, 5.41) is 2.89. The molecule has 2 aliphatic rings. The number of amides is 2. The van der Waals surface area contributed by atoms with Crippen molar-refractivity contribution in [1.82, 2.24) is 14.7 Å². The molecule has 0 unspecified atom stereocenters. The molecule has 0 aliphatic carbocycles. The van der Waals surface area contributed by atoms with E-state index in [0.717, 1.165) is 18.5 Å². The number of piperazine rings is 1. The van der Waals surface area contributed by atoms with Crippen LogP contribution in [0.1, 0.15) is 45.7 Å². The Morgan fingerprint density at radius 1 is 1.08 bits per heavy atom.